The fourth-order valence-corrected chi connectivity index (χ4v) is 3.58. The number of nitrogens with one attached hydrogen (secondary N) is 2. The Hall–Kier alpha value is -2.84. The van der Waals surface area contributed by atoms with Gasteiger partial charge in [0, 0.05) is 31.9 Å². The number of carbonyl (C=O) groups excluding carboxylic acids is 2. The number of amides is 2. The molecule has 31 heavy (non-hydrogen) atoms. The highest BCUT2D eigenvalue weighted by atomic mass is 19.1. The molecule has 3 rings (SSSR count). The van der Waals surface area contributed by atoms with Gasteiger partial charge in [-0.3, -0.25) is 19.4 Å². The molecule has 0 saturated carbocycles. The van der Waals surface area contributed by atoms with E-state index in [0.29, 0.717) is 31.9 Å². The minimum atomic E-state index is -0.348. The molecule has 166 valence electrons. The monoisotopic (exact) mass is 430 g/mol. The van der Waals surface area contributed by atoms with Crippen LogP contribution in [0.15, 0.2) is 48.5 Å². The van der Waals surface area contributed by atoms with Crippen LogP contribution in [0.4, 0.5) is 14.5 Å². The van der Waals surface area contributed by atoms with E-state index in [1.807, 2.05) is 18.7 Å². The lowest BCUT2D eigenvalue weighted by atomic mass is 10.1. The van der Waals surface area contributed by atoms with E-state index in [1.165, 1.54) is 36.4 Å². The highest BCUT2D eigenvalue weighted by Crippen LogP contribution is 2.14. The van der Waals surface area contributed by atoms with Crippen molar-refractivity contribution in [2.45, 2.75) is 25.9 Å². The van der Waals surface area contributed by atoms with Crippen LogP contribution in [0.2, 0.25) is 0 Å². The standard InChI is InChI=1S/C23H28F2N4O2/c1-16(18-3-5-19(24)6-4-18)26-23(31)17(2)29-13-11-28(12-14-29)15-22(30)27-21-9-7-20(25)8-10-21/h3-10,16-17H,11-15H2,1-2H3,(H,26,31)(H,27,30). The molecule has 1 aliphatic rings. The van der Waals surface area contributed by atoms with Gasteiger partial charge in [-0.25, -0.2) is 8.78 Å². The van der Waals surface area contributed by atoms with E-state index in [2.05, 4.69) is 15.5 Å². The smallest absolute Gasteiger partial charge is 0.238 e. The second kappa shape index (κ2) is 10.5. The highest BCUT2D eigenvalue weighted by molar-refractivity contribution is 5.92. The maximum Gasteiger partial charge on any atom is 0.238 e. The van der Waals surface area contributed by atoms with E-state index >= 15 is 0 Å². The van der Waals surface area contributed by atoms with Crippen LogP contribution in [0.25, 0.3) is 0 Å². The normalized spacial score (nSPS) is 17.0. The number of rotatable bonds is 7. The van der Waals surface area contributed by atoms with Crippen LogP contribution >= 0.6 is 0 Å². The second-order valence-electron chi connectivity index (χ2n) is 7.82. The summed E-state index contributed by atoms with van der Waals surface area (Å²) in [7, 11) is 0. The number of benzene rings is 2. The number of halogens is 2. The molecule has 1 heterocycles. The molecule has 6 nitrogen and oxygen atoms in total. The van der Waals surface area contributed by atoms with Crippen molar-refractivity contribution >= 4 is 17.5 Å². The lowest BCUT2D eigenvalue weighted by molar-refractivity contribution is -0.127. The first-order chi connectivity index (χ1) is 14.8. The average Bonchev–Trinajstić information content (AvgIpc) is 2.75. The summed E-state index contributed by atoms with van der Waals surface area (Å²) in [6.45, 7) is 6.66. The van der Waals surface area contributed by atoms with E-state index in [-0.39, 0.29) is 42.1 Å². The second-order valence-corrected chi connectivity index (χ2v) is 7.82. The Kier molecular flexibility index (Phi) is 7.70. The quantitative estimate of drug-likeness (QED) is 0.709. The molecule has 2 atom stereocenters. The van der Waals surface area contributed by atoms with Crippen LogP contribution in [0.1, 0.15) is 25.5 Å². The molecule has 0 spiro atoms. The van der Waals surface area contributed by atoms with E-state index in [0.717, 1.165) is 5.56 Å². The highest BCUT2D eigenvalue weighted by Gasteiger charge is 2.27. The van der Waals surface area contributed by atoms with Crippen molar-refractivity contribution in [1.29, 1.82) is 0 Å². The molecule has 8 heteroatoms. The molecule has 2 N–H and O–H groups in total. The summed E-state index contributed by atoms with van der Waals surface area (Å²) >= 11 is 0. The fraction of sp³-hybridized carbons (Fsp3) is 0.391. The van der Waals surface area contributed by atoms with Gasteiger partial charge >= 0.3 is 0 Å². The topological polar surface area (TPSA) is 64.7 Å². The Morgan fingerprint density at radius 1 is 0.903 bits per heavy atom. The molecular formula is C23H28F2N4O2. The van der Waals surface area contributed by atoms with Gasteiger partial charge in [-0.1, -0.05) is 12.1 Å². The van der Waals surface area contributed by atoms with E-state index < -0.39 is 0 Å². The molecule has 2 unspecified atom stereocenters. The minimum absolute atomic E-state index is 0.0840. The summed E-state index contributed by atoms with van der Waals surface area (Å²) in [5, 5.41) is 5.74. The molecule has 0 bridgehead atoms. The van der Waals surface area contributed by atoms with Gasteiger partial charge in [0.15, 0.2) is 0 Å². The molecule has 0 aliphatic carbocycles. The van der Waals surface area contributed by atoms with Crippen LogP contribution in [-0.4, -0.2) is 60.4 Å². The van der Waals surface area contributed by atoms with Crippen molar-refractivity contribution in [2.24, 2.45) is 0 Å². The molecule has 1 aliphatic heterocycles. The van der Waals surface area contributed by atoms with Crippen molar-refractivity contribution in [3.8, 4) is 0 Å². The summed E-state index contributed by atoms with van der Waals surface area (Å²) in [5.74, 6) is -0.891. The van der Waals surface area contributed by atoms with Crippen LogP contribution in [0.5, 0.6) is 0 Å². The minimum Gasteiger partial charge on any atom is -0.348 e. The number of hydrogen-bond acceptors (Lipinski definition) is 4. The molecule has 1 fully saturated rings. The van der Waals surface area contributed by atoms with Crippen LogP contribution < -0.4 is 10.6 Å². The number of anilines is 1. The molecule has 2 aromatic carbocycles. The Balaban J connectivity index is 1.42. The third-order valence-corrected chi connectivity index (χ3v) is 5.56. The van der Waals surface area contributed by atoms with Gasteiger partial charge in [0.05, 0.1) is 18.6 Å². The van der Waals surface area contributed by atoms with Crippen molar-refractivity contribution in [3.63, 3.8) is 0 Å². The maximum absolute atomic E-state index is 13.1. The van der Waals surface area contributed by atoms with Gasteiger partial charge in [0.1, 0.15) is 11.6 Å². The predicted octanol–water partition coefficient (Wildman–Crippen LogP) is 2.79. The molecule has 0 radical (unpaired) electrons. The number of hydrogen-bond donors (Lipinski definition) is 2. The summed E-state index contributed by atoms with van der Waals surface area (Å²) in [6.07, 6.45) is 0. The zero-order chi connectivity index (χ0) is 22.4. The molecule has 2 aromatic rings. The Morgan fingerprint density at radius 3 is 2.03 bits per heavy atom. The lowest BCUT2D eigenvalue weighted by Crippen LogP contribution is -2.55. The first-order valence-electron chi connectivity index (χ1n) is 10.4. The van der Waals surface area contributed by atoms with E-state index in [4.69, 9.17) is 0 Å². The Bertz CT molecular complexity index is 881. The number of piperazine rings is 1. The van der Waals surface area contributed by atoms with Gasteiger partial charge in [-0.2, -0.15) is 0 Å². The Morgan fingerprint density at radius 2 is 1.45 bits per heavy atom. The van der Waals surface area contributed by atoms with E-state index in [9.17, 15) is 18.4 Å². The van der Waals surface area contributed by atoms with E-state index in [1.54, 1.807) is 12.1 Å². The summed E-state index contributed by atoms with van der Waals surface area (Å²) in [5.41, 5.74) is 1.41. The van der Waals surface area contributed by atoms with Gasteiger partial charge < -0.3 is 10.6 Å². The lowest BCUT2D eigenvalue weighted by Gasteiger charge is -2.37. The zero-order valence-electron chi connectivity index (χ0n) is 17.8. The van der Waals surface area contributed by atoms with Gasteiger partial charge in [-0.15, -0.1) is 0 Å². The van der Waals surface area contributed by atoms with Crippen molar-refractivity contribution < 1.29 is 18.4 Å². The third-order valence-electron chi connectivity index (χ3n) is 5.56. The van der Waals surface area contributed by atoms with Crippen molar-refractivity contribution in [2.75, 3.05) is 38.0 Å². The number of carbonyl (C=O) groups is 2. The zero-order valence-corrected chi connectivity index (χ0v) is 17.8. The van der Waals surface area contributed by atoms with Crippen LogP contribution in [0.3, 0.4) is 0 Å². The summed E-state index contributed by atoms with van der Waals surface area (Å²) in [6, 6.07) is 11.2. The summed E-state index contributed by atoms with van der Waals surface area (Å²) in [4.78, 5) is 29.0. The van der Waals surface area contributed by atoms with Crippen LogP contribution in [-0.2, 0) is 9.59 Å². The van der Waals surface area contributed by atoms with Crippen LogP contribution in [0, 0.1) is 11.6 Å². The molecule has 0 aromatic heterocycles. The average molecular weight is 430 g/mol. The van der Waals surface area contributed by atoms with Gasteiger partial charge in [0.2, 0.25) is 11.8 Å². The largest absolute Gasteiger partial charge is 0.348 e. The molecule has 1 saturated heterocycles. The van der Waals surface area contributed by atoms with Gasteiger partial charge in [-0.05, 0) is 55.8 Å². The SMILES string of the molecule is CC(NC(=O)C(C)N1CCN(CC(=O)Nc2ccc(F)cc2)CC1)c1ccc(F)cc1. The van der Waals surface area contributed by atoms with Crippen molar-refractivity contribution in [1.82, 2.24) is 15.1 Å². The molecular weight excluding hydrogens is 402 g/mol. The molecule has 2 amide bonds. The third kappa shape index (κ3) is 6.57. The maximum atomic E-state index is 13.1. The van der Waals surface area contributed by atoms with Crippen molar-refractivity contribution in [3.05, 3.63) is 65.7 Å². The first-order valence-corrected chi connectivity index (χ1v) is 10.4. The number of nitrogens with zero attached hydrogens (tertiary/aromatic N) is 2. The predicted molar refractivity (Wildman–Crippen MR) is 115 cm³/mol. The van der Waals surface area contributed by atoms with Gasteiger partial charge in [0.25, 0.3) is 0 Å². The summed E-state index contributed by atoms with van der Waals surface area (Å²) < 4.78 is 26.0. The Labute approximate surface area is 181 Å². The fourth-order valence-electron chi connectivity index (χ4n) is 3.58. The first kappa shape index (κ1) is 22.8.